The summed E-state index contributed by atoms with van der Waals surface area (Å²) in [4.78, 5) is 30.2. The van der Waals surface area contributed by atoms with Crippen LogP contribution in [0, 0.1) is 12.8 Å². The highest BCUT2D eigenvalue weighted by Gasteiger charge is 2.30. The van der Waals surface area contributed by atoms with E-state index in [2.05, 4.69) is 94.7 Å². The molecule has 0 aliphatic carbocycles. The molecule has 4 aromatic rings. The average Bonchev–Trinajstić information content (AvgIpc) is 3.44. The molecule has 2 N–H and O–H groups in total. The summed E-state index contributed by atoms with van der Waals surface area (Å²) >= 11 is 3.58. The van der Waals surface area contributed by atoms with Crippen molar-refractivity contribution in [2.45, 2.75) is 39.0 Å². The molecule has 5 heterocycles. The third-order valence-corrected chi connectivity index (χ3v) is 10.9. The van der Waals surface area contributed by atoms with Crippen molar-refractivity contribution in [1.82, 2.24) is 14.9 Å². The van der Waals surface area contributed by atoms with E-state index in [1.165, 1.54) is 19.6 Å². The molecule has 2 fully saturated rings. The number of aromatic amines is 1. The summed E-state index contributed by atoms with van der Waals surface area (Å²) in [6, 6.07) is 23.4. The van der Waals surface area contributed by atoms with E-state index in [1.807, 2.05) is 0 Å². The second-order valence-corrected chi connectivity index (χ2v) is 13.5. The molecule has 2 aromatic heterocycles. The van der Waals surface area contributed by atoms with Crippen molar-refractivity contribution >= 4 is 34.9 Å². The van der Waals surface area contributed by atoms with Crippen LogP contribution >= 0.6 is 23.5 Å². The molecule has 0 saturated carbocycles. The topological polar surface area (TPSA) is 73.5 Å². The van der Waals surface area contributed by atoms with Crippen LogP contribution in [-0.2, 0) is 4.74 Å². The van der Waals surface area contributed by atoms with E-state index in [-0.39, 0.29) is 11.6 Å². The molecule has 0 bridgehead atoms. The molecule has 0 spiro atoms. The predicted octanol–water partition coefficient (Wildman–Crippen LogP) is 6.30. The van der Waals surface area contributed by atoms with E-state index < -0.39 is 0 Å². The second-order valence-electron chi connectivity index (χ2n) is 11.4. The third-order valence-electron chi connectivity index (χ3n) is 8.30. The van der Waals surface area contributed by atoms with Gasteiger partial charge >= 0.3 is 0 Å². The van der Waals surface area contributed by atoms with Crippen LogP contribution in [0.5, 0.6) is 0 Å². The zero-order valence-corrected chi connectivity index (χ0v) is 25.6. The third kappa shape index (κ3) is 5.71. The van der Waals surface area contributed by atoms with E-state index in [1.54, 1.807) is 29.6 Å². The minimum Gasteiger partial charge on any atom is -0.378 e. The molecule has 2 unspecified atom stereocenters. The Labute approximate surface area is 255 Å². The molecule has 3 aliphatic heterocycles. The lowest BCUT2D eigenvalue weighted by Crippen LogP contribution is -2.36. The van der Waals surface area contributed by atoms with Crippen LogP contribution in [0.15, 0.2) is 91.1 Å². The van der Waals surface area contributed by atoms with Gasteiger partial charge in [-0.05, 0) is 75.3 Å². The van der Waals surface area contributed by atoms with Crippen LogP contribution in [0.3, 0.4) is 0 Å². The Balaban J connectivity index is 1.17. The van der Waals surface area contributed by atoms with Gasteiger partial charge in [-0.1, -0.05) is 41.7 Å². The van der Waals surface area contributed by atoms with Crippen LogP contribution in [0.25, 0.3) is 11.3 Å². The molecule has 9 heteroatoms. The molecule has 7 rings (SSSR count). The van der Waals surface area contributed by atoms with Crippen molar-refractivity contribution in [2.75, 3.05) is 56.7 Å². The number of pyridine rings is 2. The number of fused-ring (bicyclic) bond motifs is 2. The molecule has 2 saturated heterocycles. The monoisotopic (exact) mass is 597 g/mol. The van der Waals surface area contributed by atoms with Crippen molar-refractivity contribution in [3.05, 3.63) is 88.5 Å². The summed E-state index contributed by atoms with van der Waals surface area (Å²) in [6.45, 7) is 7.20. The number of ether oxygens (including phenoxy) is 1. The number of benzene rings is 2. The SMILES string of the molecule is Cc1cccc(C(Nc2ccc3c(c2)Sc2cccc(-c4cc(N5CCOCC5)cc(=O)[nH]4)c2S3)C2CCN(C)C2)n1. The molecule has 7 nitrogen and oxygen atoms in total. The summed E-state index contributed by atoms with van der Waals surface area (Å²) in [5, 5.41) is 3.87. The maximum atomic E-state index is 12.7. The summed E-state index contributed by atoms with van der Waals surface area (Å²) < 4.78 is 5.52. The zero-order chi connectivity index (χ0) is 28.6. The molecule has 0 radical (unpaired) electrons. The number of anilines is 2. The highest BCUT2D eigenvalue weighted by atomic mass is 32.2. The van der Waals surface area contributed by atoms with Crippen LogP contribution < -0.4 is 15.8 Å². The van der Waals surface area contributed by atoms with Crippen molar-refractivity contribution in [3.63, 3.8) is 0 Å². The fourth-order valence-electron chi connectivity index (χ4n) is 6.17. The molecule has 42 heavy (non-hydrogen) atoms. The quantitative estimate of drug-likeness (QED) is 0.236. The molecule has 0 amide bonds. The van der Waals surface area contributed by atoms with E-state index in [0.29, 0.717) is 19.1 Å². The van der Waals surface area contributed by atoms with Gasteiger partial charge in [0.25, 0.3) is 0 Å². The summed E-state index contributed by atoms with van der Waals surface area (Å²) in [6.07, 6.45) is 1.16. The van der Waals surface area contributed by atoms with Crippen molar-refractivity contribution in [2.24, 2.45) is 5.92 Å². The highest BCUT2D eigenvalue weighted by Crippen LogP contribution is 2.52. The van der Waals surface area contributed by atoms with Crippen molar-refractivity contribution < 1.29 is 4.74 Å². The number of morpholine rings is 1. The Morgan fingerprint density at radius 2 is 1.83 bits per heavy atom. The van der Waals surface area contributed by atoms with Gasteiger partial charge in [0.1, 0.15) is 0 Å². The summed E-state index contributed by atoms with van der Waals surface area (Å²) in [5.41, 5.74) is 6.05. The molecule has 2 atom stereocenters. The Morgan fingerprint density at radius 1 is 0.976 bits per heavy atom. The first-order valence-electron chi connectivity index (χ1n) is 14.6. The van der Waals surface area contributed by atoms with Crippen LogP contribution in [0.4, 0.5) is 11.4 Å². The van der Waals surface area contributed by atoms with Gasteiger partial charge in [-0.3, -0.25) is 9.78 Å². The van der Waals surface area contributed by atoms with Crippen LogP contribution in [-0.4, -0.2) is 61.3 Å². The van der Waals surface area contributed by atoms with Gasteiger partial charge in [0.05, 0.1) is 30.6 Å². The second kappa shape index (κ2) is 11.8. The maximum absolute atomic E-state index is 12.7. The number of rotatable bonds is 6. The first kappa shape index (κ1) is 27.6. The largest absolute Gasteiger partial charge is 0.378 e. The van der Waals surface area contributed by atoms with Gasteiger partial charge in [-0.2, -0.15) is 0 Å². The first-order chi connectivity index (χ1) is 20.5. The number of hydrogen-bond donors (Lipinski definition) is 2. The van der Waals surface area contributed by atoms with E-state index >= 15 is 0 Å². The number of aromatic nitrogens is 2. The number of likely N-dealkylation sites (tertiary alicyclic amines) is 1. The van der Waals surface area contributed by atoms with E-state index in [9.17, 15) is 4.79 Å². The average molecular weight is 598 g/mol. The first-order valence-corrected chi connectivity index (χ1v) is 16.2. The molecule has 216 valence electrons. The van der Waals surface area contributed by atoms with Gasteiger partial charge in [0, 0.05) is 67.9 Å². The van der Waals surface area contributed by atoms with Gasteiger partial charge in [0.15, 0.2) is 0 Å². The van der Waals surface area contributed by atoms with E-state index in [0.717, 1.165) is 66.6 Å². The number of hydrogen-bond acceptors (Lipinski definition) is 8. The lowest BCUT2D eigenvalue weighted by molar-refractivity contribution is 0.122. The predicted molar refractivity (Wildman–Crippen MR) is 171 cm³/mol. The fraction of sp³-hybridized carbons (Fsp3) is 0.333. The standard InChI is InChI=1S/C33H35N5O2S2/c1-21-5-3-7-26(34-21)32(22-11-12-37(2)20-22)35-23-9-10-28-30(17-23)41-29-8-4-6-25(33(29)42-28)27-18-24(19-31(39)36-27)38-13-15-40-16-14-38/h3-10,17-19,22,32,35H,11-16,20H2,1-2H3,(H,36,39). The minimum absolute atomic E-state index is 0.0812. The lowest BCUT2D eigenvalue weighted by atomic mass is 9.95. The molecular formula is C33H35N5O2S2. The van der Waals surface area contributed by atoms with Gasteiger partial charge < -0.3 is 24.8 Å². The Morgan fingerprint density at radius 3 is 2.64 bits per heavy atom. The number of H-pyrrole nitrogens is 1. The number of aryl methyl sites for hydroxylation is 1. The Hall–Kier alpha value is -3.24. The smallest absolute Gasteiger partial charge is 0.250 e. The Kier molecular flexibility index (Phi) is 7.75. The van der Waals surface area contributed by atoms with E-state index in [4.69, 9.17) is 9.72 Å². The number of nitrogens with one attached hydrogen (secondary N) is 2. The fourth-order valence-corrected chi connectivity index (χ4v) is 8.59. The summed E-state index contributed by atoms with van der Waals surface area (Å²) in [5.74, 6) is 0.501. The number of nitrogens with zero attached hydrogens (tertiary/aromatic N) is 3. The summed E-state index contributed by atoms with van der Waals surface area (Å²) in [7, 11) is 2.20. The maximum Gasteiger partial charge on any atom is 0.250 e. The molecular weight excluding hydrogens is 563 g/mol. The van der Waals surface area contributed by atoms with Crippen molar-refractivity contribution in [3.8, 4) is 11.3 Å². The van der Waals surface area contributed by atoms with Crippen LogP contribution in [0.1, 0.15) is 23.9 Å². The normalized spacial score (nSPS) is 19.3. The molecule has 3 aliphatic rings. The minimum atomic E-state index is -0.0812. The van der Waals surface area contributed by atoms with Gasteiger partial charge in [-0.25, -0.2) is 0 Å². The van der Waals surface area contributed by atoms with Gasteiger partial charge in [0.2, 0.25) is 5.56 Å². The zero-order valence-electron chi connectivity index (χ0n) is 23.9. The van der Waals surface area contributed by atoms with Crippen LogP contribution in [0.2, 0.25) is 0 Å². The Bertz CT molecular complexity index is 1670. The molecule has 2 aromatic carbocycles. The highest BCUT2D eigenvalue weighted by molar-refractivity contribution is 8.05. The van der Waals surface area contributed by atoms with Gasteiger partial charge in [-0.15, -0.1) is 0 Å². The van der Waals surface area contributed by atoms with Crippen molar-refractivity contribution in [1.29, 1.82) is 0 Å². The lowest BCUT2D eigenvalue weighted by Gasteiger charge is -2.29.